The van der Waals surface area contributed by atoms with Crippen LogP contribution in [0.3, 0.4) is 0 Å². The minimum absolute atomic E-state index is 0.0186. The molecule has 1 N–H and O–H groups in total. The first-order chi connectivity index (χ1) is 6.72. The van der Waals surface area contributed by atoms with E-state index in [2.05, 4.69) is 17.2 Å². The van der Waals surface area contributed by atoms with Crippen molar-refractivity contribution in [1.29, 1.82) is 0 Å². The molecule has 0 aromatic rings. The maximum Gasteiger partial charge on any atom is 0.202 e. The summed E-state index contributed by atoms with van der Waals surface area (Å²) in [6, 6.07) is 0. The Bertz CT molecular complexity index is 324. The summed E-state index contributed by atoms with van der Waals surface area (Å²) in [6.07, 6.45) is 5.24. The molecule has 0 aromatic heterocycles. The van der Waals surface area contributed by atoms with Crippen LogP contribution < -0.4 is 5.32 Å². The number of allylic oxidation sites excluding steroid dienone is 2. The molecule has 0 atom stereocenters. The highest BCUT2D eigenvalue weighted by atomic mass is 16.1. The molecule has 1 aliphatic rings. The second-order valence-corrected chi connectivity index (χ2v) is 3.08. The Kier molecular flexibility index (Phi) is 3.63. The van der Waals surface area contributed by atoms with Crippen molar-refractivity contribution in [2.45, 2.75) is 26.7 Å². The van der Waals surface area contributed by atoms with E-state index in [0.29, 0.717) is 12.1 Å². The third-order valence-corrected chi connectivity index (χ3v) is 2.09. The zero-order valence-electron chi connectivity index (χ0n) is 8.92. The van der Waals surface area contributed by atoms with Crippen molar-refractivity contribution in [2.75, 3.05) is 7.05 Å². The minimum Gasteiger partial charge on any atom is -0.386 e. The fourth-order valence-electron chi connectivity index (χ4n) is 1.35. The van der Waals surface area contributed by atoms with Gasteiger partial charge in [0, 0.05) is 13.1 Å². The SMILES string of the molecule is CC/C=C1/N=C(CC)C(=O)C=C1NC. The summed E-state index contributed by atoms with van der Waals surface area (Å²) in [5.41, 5.74) is 2.34. The van der Waals surface area contributed by atoms with E-state index in [4.69, 9.17) is 0 Å². The Morgan fingerprint density at radius 3 is 2.71 bits per heavy atom. The maximum atomic E-state index is 11.5. The Morgan fingerprint density at radius 2 is 2.21 bits per heavy atom. The first kappa shape index (κ1) is 10.7. The van der Waals surface area contributed by atoms with Gasteiger partial charge in [-0.05, 0) is 12.8 Å². The Labute approximate surface area is 84.6 Å². The maximum absolute atomic E-state index is 11.5. The standard InChI is InChI=1S/C11H16N2O/c1-4-6-9-10(12-3)7-11(14)8(5-2)13-9/h6-7,12H,4-5H2,1-3H3/b9-6+. The molecule has 3 nitrogen and oxygen atoms in total. The predicted molar refractivity (Wildman–Crippen MR) is 58.2 cm³/mol. The molecular weight excluding hydrogens is 176 g/mol. The summed E-state index contributed by atoms with van der Waals surface area (Å²) in [6.45, 7) is 4.00. The Balaban J connectivity index is 3.03. The predicted octanol–water partition coefficient (Wildman–Crippen LogP) is 1.82. The average Bonchev–Trinajstić information content (AvgIpc) is 2.20. The number of hydrogen-bond donors (Lipinski definition) is 1. The minimum atomic E-state index is 0.0186. The molecule has 0 radical (unpaired) electrons. The van der Waals surface area contributed by atoms with Crippen molar-refractivity contribution in [3.63, 3.8) is 0 Å². The van der Waals surface area contributed by atoms with Crippen LogP contribution in [0.15, 0.2) is 28.5 Å². The number of aliphatic imine (C=N–C) groups is 1. The van der Waals surface area contributed by atoms with Crippen molar-refractivity contribution in [3.8, 4) is 0 Å². The first-order valence-electron chi connectivity index (χ1n) is 4.94. The number of carbonyl (C=O) groups excluding carboxylic acids is 1. The summed E-state index contributed by atoms with van der Waals surface area (Å²) >= 11 is 0. The van der Waals surface area contributed by atoms with E-state index in [1.54, 1.807) is 13.1 Å². The molecular formula is C11H16N2O. The molecule has 0 saturated carbocycles. The molecule has 14 heavy (non-hydrogen) atoms. The van der Waals surface area contributed by atoms with Gasteiger partial charge < -0.3 is 5.32 Å². The summed E-state index contributed by atoms with van der Waals surface area (Å²) in [4.78, 5) is 15.8. The fourth-order valence-corrected chi connectivity index (χ4v) is 1.35. The molecule has 0 spiro atoms. The third-order valence-electron chi connectivity index (χ3n) is 2.09. The van der Waals surface area contributed by atoms with Gasteiger partial charge >= 0.3 is 0 Å². The van der Waals surface area contributed by atoms with Crippen LogP contribution in [0.1, 0.15) is 26.7 Å². The van der Waals surface area contributed by atoms with Gasteiger partial charge in [-0.2, -0.15) is 0 Å². The molecule has 76 valence electrons. The first-order valence-corrected chi connectivity index (χ1v) is 4.94. The summed E-state index contributed by atoms with van der Waals surface area (Å²) in [7, 11) is 1.80. The van der Waals surface area contributed by atoms with Gasteiger partial charge in [0.05, 0.1) is 17.1 Å². The molecule has 0 fully saturated rings. The molecule has 0 aromatic carbocycles. The van der Waals surface area contributed by atoms with E-state index in [0.717, 1.165) is 17.8 Å². The van der Waals surface area contributed by atoms with E-state index < -0.39 is 0 Å². The van der Waals surface area contributed by atoms with Crippen molar-refractivity contribution in [1.82, 2.24) is 5.32 Å². The van der Waals surface area contributed by atoms with Gasteiger partial charge in [-0.25, -0.2) is 4.99 Å². The van der Waals surface area contributed by atoms with Crippen LogP contribution in [0.5, 0.6) is 0 Å². The van der Waals surface area contributed by atoms with Crippen LogP contribution in [-0.2, 0) is 4.79 Å². The number of rotatable bonds is 3. The molecule has 1 aliphatic heterocycles. The lowest BCUT2D eigenvalue weighted by molar-refractivity contribution is -0.109. The number of dihydropyridines is 1. The molecule has 0 saturated heterocycles. The van der Waals surface area contributed by atoms with Crippen LogP contribution in [0, 0.1) is 0 Å². The summed E-state index contributed by atoms with van der Waals surface area (Å²) < 4.78 is 0. The highest BCUT2D eigenvalue weighted by Crippen LogP contribution is 2.16. The highest BCUT2D eigenvalue weighted by molar-refractivity contribution is 6.45. The lowest BCUT2D eigenvalue weighted by Crippen LogP contribution is -2.21. The topological polar surface area (TPSA) is 41.5 Å². The zero-order valence-corrected chi connectivity index (χ0v) is 8.92. The molecule has 1 heterocycles. The highest BCUT2D eigenvalue weighted by Gasteiger charge is 2.16. The van der Waals surface area contributed by atoms with E-state index in [1.807, 2.05) is 13.0 Å². The van der Waals surface area contributed by atoms with Gasteiger partial charge in [-0.15, -0.1) is 0 Å². The fraction of sp³-hybridized carbons (Fsp3) is 0.455. The molecule has 3 heteroatoms. The van der Waals surface area contributed by atoms with Crippen molar-refractivity contribution in [3.05, 3.63) is 23.5 Å². The van der Waals surface area contributed by atoms with Gasteiger partial charge in [0.2, 0.25) is 5.78 Å². The summed E-state index contributed by atoms with van der Waals surface area (Å²) in [5.74, 6) is 0.0186. The van der Waals surface area contributed by atoms with E-state index >= 15 is 0 Å². The monoisotopic (exact) mass is 192 g/mol. The van der Waals surface area contributed by atoms with Gasteiger partial charge in [0.15, 0.2) is 0 Å². The van der Waals surface area contributed by atoms with Crippen LogP contribution in [0.25, 0.3) is 0 Å². The normalized spacial score (nSPS) is 19.4. The zero-order chi connectivity index (χ0) is 10.6. The van der Waals surface area contributed by atoms with Gasteiger partial charge in [0.25, 0.3) is 0 Å². The second kappa shape index (κ2) is 4.74. The smallest absolute Gasteiger partial charge is 0.202 e. The number of nitrogens with zero attached hydrogens (tertiary/aromatic N) is 1. The average molecular weight is 192 g/mol. The third kappa shape index (κ3) is 2.10. The molecule has 0 unspecified atom stereocenters. The largest absolute Gasteiger partial charge is 0.386 e. The van der Waals surface area contributed by atoms with Crippen molar-refractivity contribution < 1.29 is 4.79 Å². The van der Waals surface area contributed by atoms with E-state index in [9.17, 15) is 4.79 Å². The van der Waals surface area contributed by atoms with Crippen LogP contribution >= 0.6 is 0 Å². The lowest BCUT2D eigenvalue weighted by atomic mass is 10.1. The van der Waals surface area contributed by atoms with Crippen LogP contribution in [-0.4, -0.2) is 18.5 Å². The van der Waals surface area contributed by atoms with E-state index in [1.165, 1.54) is 0 Å². The number of hydrogen-bond acceptors (Lipinski definition) is 3. The molecule has 1 rings (SSSR count). The number of nitrogens with one attached hydrogen (secondary N) is 1. The molecule has 0 bridgehead atoms. The second-order valence-electron chi connectivity index (χ2n) is 3.08. The molecule has 0 aliphatic carbocycles. The van der Waals surface area contributed by atoms with Gasteiger partial charge in [-0.1, -0.05) is 19.9 Å². The van der Waals surface area contributed by atoms with Gasteiger partial charge in [-0.3, -0.25) is 4.79 Å². The van der Waals surface area contributed by atoms with Gasteiger partial charge in [0.1, 0.15) is 0 Å². The lowest BCUT2D eigenvalue weighted by Gasteiger charge is -2.13. The summed E-state index contributed by atoms with van der Waals surface area (Å²) in [5, 5.41) is 2.98. The van der Waals surface area contributed by atoms with Crippen LogP contribution in [0.2, 0.25) is 0 Å². The van der Waals surface area contributed by atoms with E-state index in [-0.39, 0.29) is 5.78 Å². The Hall–Kier alpha value is -1.38. The van der Waals surface area contributed by atoms with Crippen LogP contribution in [0.4, 0.5) is 0 Å². The van der Waals surface area contributed by atoms with Crippen molar-refractivity contribution >= 4 is 11.5 Å². The number of ketones is 1. The quantitative estimate of drug-likeness (QED) is 0.741. The Morgan fingerprint density at radius 1 is 1.50 bits per heavy atom. The van der Waals surface area contributed by atoms with Crippen molar-refractivity contribution in [2.24, 2.45) is 4.99 Å². The number of likely N-dealkylation sites (N-methyl/N-ethyl adjacent to an activating group) is 1. The number of carbonyl (C=O) groups is 1. The molecule has 0 amide bonds.